The normalized spacial score (nSPS) is 10.9. The maximum Gasteiger partial charge on any atom is 0.139 e. The lowest BCUT2D eigenvalue weighted by Crippen LogP contribution is -2.04. The second-order valence-electron chi connectivity index (χ2n) is 5.53. The van der Waals surface area contributed by atoms with Crippen molar-refractivity contribution in [3.05, 3.63) is 71.6 Å². The number of benzene rings is 1. The molecule has 0 bridgehead atoms. The maximum absolute atomic E-state index is 4.64. The van der Waals surface area contributed by atoms with Gasteiger partial charge in [-0.3, -0.25) is 4.98 Å². The number of aryl methyl sites for hydroxylation is 1. The van der Waals surface area contributed by atoms with Crippen molar-refractivity contribution < 1.29 is 0 Å². The number of fused-ring (bicyclic) bond motifs is 1. The molecule has 4 aromatic rings. The molecule has 3 heterocycles. The summed E-state index contributed by atoms with van der Waals surface area (Å²) < 4.78 is 0. The average Bonchev–Trinajstić information content (AvgIpc) is 3.05. The van der Waals surface area contributed by atoms with Crippen LogP contribution in [0.5, 0.6) is 0 Å². The van der Waals surface area contributed by atoms with Crippen LogP contribution in [0, 0.1) is 6.92 Å². The molecule has 0 aliphatic carbocycles. The van der Waals surface area contributed by atoms with Crippen LogP contribution < -0.4 is 5.32 Å². The number of hydrogen-bond donors (Lipinski definition) is 1. The molecule has 118 valence electrons. The topological polar surface area (TPSA) is 50.7 Å². The Labute approximate surface area is 144 Å². The van der Waals surface area contributed by atoms with Gasteiger partial charge in [0.15, 0.2) is 0 Å². The van der Waals surface area contributed by atoms with E-state index in [-0.39, 0.29) is 0 Å². The molecule has 4 rings (SSSR count). The standard InChI is InChI=1S/C19H16N4S/c1-13-22-18(21-11-14-6-5-9-20-10-14)17-16(12-24-19(17)23-13)15-7-3-2-4-8-15/h2-10,12H,11H2,1H3,(H,21,22,23). The van der Waals surface area contributed by atoms with Crippen LogP contribution >= 0.6 is 11.3 Å². The summed E-state index contributed by atoms with van der Waals surface area (Å²) in [5, 5.41) is 6.70. The number of thiophene rings is 1. The summed E-state index contributed by atoms with van der Waals surface area (Å²) in [6, 6.07) is 14.4. The second kappa shape index (κ2) is 6.37. The van der Waals surface area contributed by atoms with E-state index in [0.29, 0.717) is 6.54 Å². The first-order chi connectivity index (χ1) is 11.8. The largest absolute Gasteiger partial charge is 0.365 e. The smallest absolute Gasteiger partial charge is 0.139 e. The summed E-state index contributed by atoms with van der Waals surface area (Å²) >= 11 is 1.66. The Kier molecular flexibility index (Phi) is 3.92. The third kappa shape index (κ3) is 2.86. The summed E-state index contributed by atoms with van der Waals surface area (Å²) in [6.07, 6.45) is 3.65. The maximum atomic E-state index is 4.64. The van der Waals surface area contributed by atoms with Gasteiger partial charge in [-0.1, -0.05) is 36.4 Å². The van der Waals surface area contributed by atoms with Crippen LogP contribution in [0.3, 0.4) is 0 Å². The molecular weight excluding hydrogens is 316 g/mol. The van der Waals surface area contributed by atoms with Crippen LogP contribution in [0.2, 0.25) is 0 Å². The van der Waals surface area contributed by atoms with Crippen molar-refractivity contribution in [2.24, 2.45) is 0 Å². The van der Waals surface area contributed by atoms with Gasteiger partial charge in [0.2, 0.25) is 0 Å². The van der Waals surface area contributed by atoms with Crippen LogP contribution in [-0.2, 0) is 6.54 Å². The fraction of sp³-hybridized carbons (Fsp3) is 0.105. The Hall–Kier alpha value is -2.79. The molecule has 4 nitrogen and oxygen atoms in total. The van der Waals surface area contributed by atoms with E-state index in [0.717, 1.165) is 27.4 Å². The SMILES string of the molecule is Cc1nc(NCc2cccnc2)c2c(-c3ccccc3)csc2n1. The van der Waals surface area contributed by atoms with E-state index in [1.165, 1.54) is 11.1 Å². The Morgan fingerprint density at radius 3 is 2.71 bits per heavy atom. The fourth-order valence-electron chi connectivity index (χ4n) is 2.70. The van der Waals surface area contributed by atoms with Gasteiger partial charge in [0, 0.05) is 29.9 Å². The summed E-state index contributed by atoms with van der Waals surface area (Å²) in [4.78, 5) is 14.4. The monoisotopic (exact) mass is 332 g/mol. The molecule has 0 spiro atoms. The van der Waals surface area contributed by atoms with E-state index < -0.39 is 0 Å². The van der Waals surface area contributed by atoms with Crippen molar-refractivity contribution in [3.8, 4) is 11.1 Å². The van der Waals surface area contributed by atoms with Gasteiger partial charge < -0.3 is 5.32 Å². The van der Waals surface area contributed by atoms with E-state index >= 15 is 0 Å². The quantitative estimate of drug-likeness (QED) is 0.590. The summed E-state index contributed by atoms with van der Waals surface area (Å²) in [6.45, 7) is 2.61. The lowest BCUT2D eigenvalue weighted by Gasteiger charge is -2.09. The lowest BCUT2D eigenvalue weighted by atomic mass is 10.1. The Morgan fingerprint density at radius 2 is 1.92 bits per heavy atom. The van der Waals surface area contributed by atoms with Crippen LogP contribution in [0.4, 0.5) is 5.82 Å². The van der Waals surface area contributed by atoms with E-state index in [1.807, 2.05) is 25.3 Å². The third-order valence-corrected chi connectivity index (χ3v) is 4.69. The first-order valence-corrected chi connectivity index (χ1v) is 8.63. The van der Waals surface area contributed by atoms with E-state index in [2.05, 4.69) is 56.0 Å². The molecule has 0 radical (unpaired) electrons. The first-order valence-electron chi connectivity index (χ1n) is 7.75. The summed E-state index contributed by atoms with van der Waals surface area (Å²) in [5.74, 6) is 1.65. The highest BCUT2D eigenvalue weighted by Gasteiger charge is 2.14. The predicted octanol–water partition coefficient (Wildman–Crippen LogP) is 4.67. The predicted molar refractivity (Wildman–Crippen MR) is 99.2 cm³/mol. The molecular formula is C19H16N4S. The van der Waals surface area contributed by atoms with E-state index in [1.54, 1.807) is 17.5 Å². The number of rotatable bonds is 4. The molecule has 24 heavy (non-hydrogen) atoms. The third-order valence-electron chi connectivity index (χ3n) is 3.81. The van der Waals surface area contributed by atoms with Crippen molar-refractivity contribution in [3.63, 3.8) is 0 Å². The minimum atomic E-state index is 0.684. The number of nitrogens with zero attached hydrogens (tertiary/aromatic N) is 3. The molecule has 0 aliphatic heterocycles. The molecule has 0 amide bonds. The van der Waals surface area contributed by atoms with Gasteiger partial charge >= 0.3 is 0 Å². The second-order valence-corrected chi connectivity index (χ2v) is 6.39. The van der Waals surface area contributed by atoms with Gasteiger partial charge in [0.25, 0.3) is 0 Å². The molecule has 1 aromatic carbocycles. The molecule has 3 aromatic heterocycles. The molecule has 0 unspecified atom stereocenters. The van der Waals surface area contributed by atoms with Crippen LogP contribution in [0.1, 0.15) is 11.4 Å². The zero-order valence-corrected chi connectivity index (χ0v) is 14.0. The lowest BCUT2D eigenvalue weighted by molar-refractivity contribution is 1.05. The van der Waals surface area contributed by atoms with E-state index in [9.17, 15) is 0 Å². The fourth-order valence-corrected chi connectivity index (χ4v) is 3.69. The van der Waals surface area contributed by atoms with E-state index in [4.69, 9.17) is 0 Å². The molecule has 0 fully saturated rings. The molecule has 0 saturated heterocycles. The average molecular weight is 332 g/mol. The Morgan fingerprint density at radius 1 is 1.04 bits per heavy atom. The van der Waals surface area contributed by atoms with Crippen LogP contribution in [-0.4, -0.2) is 15.0 Å². The van der Waals surface area contributed by atoms with Gasteiger partial charge in [-0.2, -0.15) is 0 Å². The van der Waals surface area contributed by atoms with Crippen molar-refractivity contribution in [1.29, 1.82) is 0 Å². The molecule has 5 heteroatoms. The number of pyridine rings is 1. The van der Waals surface area contributed by atoms with Gasteiger partial charge in [0.1, 0.15) is 16.5 Å². The Bertz CT molecular complexity index is 965. The Balaban J connectivity index is 1.77. The van der Waals surface area contributed by atoms with Crippen molar-refractivity contribution in [1.82, 2.24) is 15.0 Å². The number of hydrogen-bond acceptors (Lipinski definition) is 5. The van der Waals surface area contributed by atoms with Gasteiger partial charge in [-0.05, 0) is 24.1 Å². The highest BCUT2D eigenvalue weighted by Crippen LogP contribution is 2.36. The molecule has 1 N–H and O–H groups in total. The van der Waals surface area contributed by atoms with Crippen LogP contribution in [0.25, 0.3) is 21.3 Å². The summed E-state index contributed by atoms with van der Waals surface area (Å²) in [7, 11) is 0. The van der Waals surface area contributed by atoms with Crippen molar-refractivity contribution >= 4 is 27.4 Å². The minimum absolute atomic E-state index is 0.684. The first kappa shape index (κ1) is 14.8. The zero-order valence-electron chi connectivity index (χ0n) is 13.2. The van der Waals surface area contributed by atoms with Gasteiger partial charge in [-0.15, -0.1) is 11.3 Å². The molecule has 0 aliphatic rings. The number of nitrogens with one attached hydrogen (secondary N) is 1. The highest BCUT2D eigenvalue weighted by molar-refractivity contribution is 7.17. The van der Waals surface area contributed by atoms with Crippen LogP contribution in [0.15, 0.2) is 60.2 Å². The van der Waals surface area contributed by atoms with Crippen molar-refractivity contribution in [2.45, 2.75) is 13.5 Å². The molecule has 0 atom stereocenters. The van der Waals surface area contributed by atoms with Crippen molar-refractivity contribution in [2.75, 3.05) is 5.32 Å². The van der Waals surface area contributed by atoms with Gasteiger partial charge in [0.05, 0.1) is 5.39 Å². The number of aromatic nitrogens is 3. The number of anilines is 1. The highest BCUT2D eigenvalue weighted by atomic mass is 32.1. The minimum Gasteiger partial charge on any atom is -0.365 e. The zero-order chi connectivity index (χ0) is 16.4. The van der Waals surface area contributed by atoms with Gasteiger partial charge in [-0.25, -0.2) is 9.97 Å². The summed E-state index contributed by atoms with van der Waals surface area (Å²) in [5.41, 5.74) is 3.48. The molecule has 0 saturated carbocycles.